The molecule has 0 aromatic carbocycles. The summed E-state index contributed by atoms with van der Waals surface area (Å²) in [6.07, 6.45) is 9.20. The fourth-order valence-electron chi connectivity index (χ4n) is 2.64. The van der Waals surface area contributed by atoms with Gasteiger partial charge in [0.25, 0.3) is 0 Å². The maximum atomic E-state index is 12.3. The molecule has 0 radical (unpaired) electrons. The standard InChI is InChI=1S/C15H19N3O3/c1-21-15(20)18-8-7-13(11(9-16)10-18)14(19)17-12-5-3-2-4-6-12/h7-8,10,12-13H,2-6H2,1H3,(H,17,19). The molecule has 1 unspecified atom stereocenters. The monoisotopic (exact) mass is 289 g/mol. The molecule has 0 spiro atoms. The van der Waals surface area contributed by atoms with Gasteiger partial charge in [-0.3, -0.25) is 9.69 Å². The average Bonchev–Trinajstić information content (AvgIpc) is 2.54. The summed E-state index contributed by atoms with van der Waals surface area (Å²) >= 11 is 0. The Hall–Kier alpha value is -2.29. The summed E-state index contributed by atoms with van der Waals surface area (Å²) in [5, 5.41) is 12.2. The zero-order valence-corrected chi connectivity index (χ0v) is 12.0. The number of carbonyl (C=O) groups excluding carboxylic acids is 2. The number of amides is 2. The highest BCUT2D eigenvalue weighted by Gasteiger charge is 2.28. The van der Waals surface area contributed by atoms with E-state index in [1.165, 1.54) is 25.9 Å². The second-order valence-electron chi connectivity index (χ2n) is 5.24. The van der Waals surface area contributed by atoms with Gasteiger partial charge in [0.2, 0.25) is 5.91 Å². The van der Waals surface area contributed by atoms with Gasteiger partial charge in [-0.2, -0.15) is 5.26 Å². The molecule has 6 heteroatoms. The number of nitriles is 1. The van der Waals surface area contributed by atoms with Crippen molar-refractivity contribution >= 4 is 12.0 Å². The minimum absolute atomic E-state index is 0.185. The van der Waals surface area contributed by atoms with Gasteiger partial charge in [0, 0.05) is 18.4 Å². The first-order valence-electron chi connectivity index (χ1n) is 7.12. The maximum Gasteiger partial charge on any atom is 0.417 e. The van der Waals surface area contributed by atoms with Gasteiger partial charge < -0.3 is 10.1 Å². The normalized spacial score (nSPS) is 22.2. The van der Waals surface area contributed by atoms with Crippen molar-refractivity contribution in [2.45, 2.75) is 38.1 Å². The number of carbonyl (C=O) groups is 2. The highest BCUT2D eigenvalue weighted by atomic mass is 16.5. The predicted octanol–water partition coefficient (Wildman–Crippen LogP) is 2.05. The first-order chi connectivity index (χ1) is 10.2. The number of hydrogen-bond donors (Lipinski definition) is 1. The topological polar surface area (TPSA) is 82.4 Å². The zero-order valence-electron chi connectivity index (χ0n) is 12.0. The molecule has 1 saturated carbocycles. The van der Waals surface area contributed by atoms with E-state index in [0.717, 1.165) is 30.6 Å². The van der Waals surface area contributed by atoms with E-state index in [1.807, 2.05) is 6.07 Å². The molecule has 1 atom stereocenters. The van der Waals surface area contributed by atoms with Crippen LogP contribution in [0.1, 0.15) is 32.1 Å². The molecule has 2 rings (SSSR count). The Kier molecular flexibility index (Phi) is 4.99. The van der Waals surface area contributed by atoms with Crippen molar-refractivity contribution in [2.75, 3.05) is 7.11 Å². The van der Waals surface area contributed by atoms with Crippen LogP contribution in [-0.2, 0) is 9.53 Å². The fraction of sp³-hybridized carbons (Fsp3) is 0.533. The van der Waals surface area contributed by atoms with E-state index in [0.29, 0.717) is 0 Å². The first kappa shape index (κ1) is 15.1. The molecule has 0 bridgehead atoms. The number of methoxy groups -OCH3 is 1. The SMILES string of the molecule is COC(=O)N1C=CC(C(=O)NC2CCCCC2)C(C#N)=C1. The molecule has 112 valence electrons. The lowest BCUT2D eigenvalue weighted by Gasteiger charge is -2.26. The quantitative estimate of drug-likeness (QED) is 0.843. The number of rotatable bonds is 2. The minimum atomic E-state index is -0.641. The maximum absolute atomic E-state index is 12.3. The summed E-state index contributed by atoms with van der Waals surface area (Å²) < 4.78 is 4.58. The third-order valence-corrected chi connectivity index (χ3v) is 3.80. The Morgan fingerprint density at radius 2 is 2.10 bits per heavy atom. The Labute approximate surface area is 124 Å². The van der Waals surface area contributed by atoms with E-state index < -0.39 is 12.0 Å². The van der Waals surface area contributed by atoms with Gasteiger partial charge in [0.1, 0.15) is 0 Å². The molecule has 1 aliphatic heterocycles. The van der Waals surface area contributed by atoms with Gasteiger partial charge in [-0.1, -0.05) is 25.3 Å². The van der Waals surface area contributed by atoms with Crippen LogP contribution in [0.4, 0.5) is 4.79 Å². The van der Waals surface area contributed by atoms with Crippen LogP contribution >= 0.6 is 0 Å². The predicted molar refractivity (Wildman–Crippen MR) is 75.6 cm³/mol. The Balaban J connectivity index is 2.02. The van der Waals surface area contributed by atoms with Crippen molar-refractivity contribution in [2.24, 2.45) is 5.92 Å². The Morgan fingerprint density at radius 3 is 2.71 bits per heavy atom. The second kappa shape index (κ2) is 6.93. The smallest absolute Gasteiger partial charge is 0.417 e. The van der Waals surface area contributed by atoms with Crippen LogP contribution in [0.5, 0.6) is 0 Å². The van der Waals surface area contributed by atoms with E-state index >= 15 is 0 Å². The second-order valence-corrected chi connectivity index (χ2v) is 5.24. The van der Waals surface area contributed by atoms with Crippen molar-refractivity contribution in [3.05, 3.63) is 24.0 Å². The summed E-state index contributed by atoms with van der Waals surface area (Å²) in [5.74, 6) is -0.826. The van der Waals surface area contributed by atoms with E-state index in [2.05, 4.69) is 10.1 Å². The minimum Gasteiger partial charge on any atom is -0.452 e. The highest BCUT2D eigenvalue weighted by molar-refractivity contribution is 5.85. The lowest BCUT2D eigenvalue weighted by Crippen LogP contribution is -2.41. The molecule has 1 N–H and O–H groups in total. The molecule has 0 aromatic rings. The van der Waals surface area contributed by atoms with E-state index in [-0.39, 0.29) is 17.5 Å². The van der Waals surface area contributed by atoms with Crippen LogP contribution in [0.25, 0.3) is 0 Å². The zero-order chi connectivity index (χ0) is 15.2. The van der Waals surface area contributed by atoms with Gasteiger partial charge in [0.05, 0.1) is 24.7 Å². The van der Waals surface area contributed by atoms with Gasteiger partial charge in [-0.05, 0) is 12.8 Å². The number of nitrogens with zero attached hydrogens (tertiary/aromatic N) is 2. The Morgan fingerprint density at radius 1 is 1.38 bits per heavy atom. The summed E-state index contributed by atoms with van der Waals surface area (Å²) in [6.45, 7) is 0. The molecular weight excluding hydrogens is 270 g/mol. The highest BCUT2D eigenvalue weighted by Crippen LogP contribution is 2.22. The average molecular weight is 289 g/mol. The summed E-state index contributed by atoms with van der Waals surface area (Å²) in [4.78, 5) is 24.9. The largest absolute Gasteiger partial charge is 0.452 e. The molecule has 1 heterocycles. The Bertz CT molecular complexity index is 513. The summed E-state index contributed by atoms with van der Waals surface area (Å²) in [7, 11) is 1.26. The van der Waals surface area contributed by atoms with Crippen LogP contribution in [0.3, 0.4) is 0 Å². The van der Waals surface area contributed by atoms with Crippen LogP contribution in [0.2, 0.25) is 0 Å². The third-order valence-electron chi connectivity index (χ3n) is 3.80. The van der Waals surface area contributed by atoms with E-state index in [4.69, 9.17) is 0 Å². The van der Waals surface area contributed by atoms with Crippen LogP contribution in [0, 0.1) is 17.2 Å². The summed E-state index contributed by atoms with van der Waals surface area (Å²) in [6, 6.07) is 2.17. The third kappa shape index (κ3) is 3.63. The summed E-state index contributed by atoms with van der Waals surface area (Å²) in [5.41, 5.74) is 0.233. The van der Waals surface area contributed by atoms with Crippen molar-refractivity contribution < 1.29 is 14.3 Å². The van der Waals surface area contributed by atoms with Gasteiger partial charge in [-0.25, -0.2) is 4.79 Å². The van der Waals surface area contributed by atoms with Crippen molar-refractivity contribution in [1.82, 2.24) is 10.2 Å². The molecule has 0 saturated heterocycles. The van der Waals surface area contributed by atoms with Crippen LogP contribution < -0.4 is 5.32 Å². The molecular formula is C15H19N3O3. The molecule has 2 amide bonds. The van der Waals surface area contributed by atoms with Crippen LogP contribution in [0.15, 0.2) is 24.0 Å². The number of ether oxygens (including phenoxy) is 1. The lowest BCUT2D eigenvalue weighted by molar-refractivity contribution is -0.123. The molecule has 6 nitrogen and oxygen atoms in total. The lowest BCUT2D eigenvalue weighted by atomic mass is 9.93. The molecule has 1 fully saturated rings. The van der Waals surface area contributed by atoms with E-state index in [9.17, 15) is 14.9 Å². The van der Waals surface area contributed by atoms with E-state index in [1.54, 1.807) is 6.08 Å². The van der Waals surface area contributed by atoms with Gasteiger partial charge in [0.15, 0.2) is 0 Å². The van der Waals surface area contributed by atoms with Crippen molar-refractivity contribution in [1.29, 1.82) is 5.26 Å². The molecule has 1 aliphatic carbocycles. The van der Waals surface area contributed by atoms with Gasteiger partial charge >= 0.3 is 6.09 Å². The van der Waals surface area contributed by atoms with Gasteiger partial charge in [-0.15, -0.1) is 0 Å². The number of nitrogens with one attached hydrogen (secondary N) is 1. The van der Waals surface area contributed by atoms with Crippen molar-refractivity contribution in [3.8, 4) is 6.07 Å². The number of hydrogen-bond acceptors (Lipinski definition) is 4. The molecule has 0 aromatic heterocycles. The fourth-order valence-corrected chi connectivity index (χ4v) is 2.64. The van der Waals surface area contributed by atoms with Crippen LogP contribution in [-0.4, -0.2) is 30.1 Å². The first-order valence-corrected chi connectivity index (χ1v) is 7.12. The molecule has 2 aliphatic rings. The van der Waals surface area contributed by atoms with Crippen molar-refractivity contribution in [3.63, 3.8) is 0 Å². The molecule has 21 heavy (non-hydrogen) atoms.